The number of amides is 1. The predicted octanol–water partition coefficient (Wildman–Crippen LogP) is 1.54. The van der Waals surface area contributed by atoms with Gasteiger partial charge in [-0.05, 0) is 18.8 Å². The van der Waals surface area contributed by atoms with Crippen LogP contribution in [-0.2, 0) is 4.79 Å². The summed E-state index contributed by atoms with van der Waals surface area (Å²) in [6, 6.07) is -0.400. The van der Waals surface area contributed by atoms with Crippen LogP contribution in [0.15, 0.2) is 11.6 Å². The van der Waals surface area contributed by atoms with Crippen LogP contribution in [0.3, 0.4) is 0 Å². The molecule has 0 aliphatic carbocycles. The monoisotopic (exact) mass is 210 g/mol. The molecule has 0 fully saturated rings. The highest BCUT2D eigenvalue weighted by Crippen LogP contribution is 2.20. The van der Waals surface area contributed by atoms with Gasteiger partial charge in [0.1, 0.15) is 0 Å². The van der Waals surface area contributed by atoms with E-state index in [0.717, 1.165) is 19.5 Å². The molecule has 1 aliphatic heterocycles. The van der Waals surface area contributed by atoms with Gasteiger partial charge in [0.2, 0.25) is 5.91 Å². The van der Waals surface area contributed by atoms with E-state index in [0.29, 0.717) is 0 Å². The average Bonchev–Trinajstić information content (AvgIpc) is 2.14. The zero-order valence-corrected chi connectivity index (χ0v) is 10.2. The summed E-state index contributed by atoms with van der Waals surface area (Å²) >= 11 is 0. The van der Waals surface area contributed by atoms with E-state index in [4.69, 9.17) is 5.73 Å². The van der Waals surface area contributed by atoms with Gasteiger partial charge in [0.25, 0.3) is 0 Å². The van der Waals surface area contributed by atoms with Crippen LogP contribution in [0.25, 0.3) is 0 Å². The van der Waals surface area contributed by atoms with Crippen LogP contribution in [0.1, 0.15) is 34.1 Å². The number of hydrogen-bond donors (Lipinski definition) is 1. The molecule has 1 atom stereocenters. The third-order valence-corrected chi connectivity index (χ3v) is 2.84. The zero-order valence-electron chi connectivity index (χ0n) is 10.2. The Kier molecular flexibility index (Phi) is 3.55. The molecule has 0 aromatic rings. The summed E-state index contributed by atoms with van der Waals surface area (Å²) in [6.45, 7) is 9.61. The van der Waals surface area contributed by atoms with E-state index < -0.39 is 6.04 Å². The lowest BCUT2D eigenvalue weighted by atomic mass is 9.86. The molecular weight excluding hydrogens is 188 g/mol. The van der Waals surface area contributed by atoms with E-state index in [9.17, 15) is 4.79 Å². The fourth-order valence-electron chi connectivity index (χ4n) is 1.67. The van der Waals surface area contributed by atoms with Crippen LogP contribution in [0, 0.1) is 5.41 Å². The first kappa shape index (κ1) is 12.2. The SMILES string of the molecule is CC1=CCCN(C(=O)C(N)C(C)(C)C)C1. The van der Waals surface area contributed by atoms with Crippen molar-refractivity contribution in [2.75, 3.05) is 13.1 Å². The van der Waals surface area contributed by atoms with Crippen LogP contribution in [0.5, 0.6) is 0 Å². The van der Waals surface area contributed by atoms with Gasteiger partial charge in [0, 0.05) is 13.1 Å². The zero-order chi connectivity index (χ0) is 11.6. The molecule has 1 rings (SSSR count). The third-order valence-electron chi connectivity index (χ3n) is 2.84. The summed E-state index contributed by atoms with van der Waals surface area (Å²) in [5, 5.41) is 0. The summed E-state index contributed by atoms with van der Waals surface area (Å²) in [5.41, 5.74) is 7.06. The first-order valence-electron chi connectivity index (χ1n) is 5.52. The molecule has 3 nitrogen and oxygen atoms in total. The van der Waals surface area contributed by atoms with Crippen molar-refractivity contribution in [1.29, 1.82) is 0 Å². The van der Waals surface area contributed by atoms with Crippen molar-refractivity contribution in [3.63, 3.8) is 0 Å². The molecule has 0 bridgehead atoms. The van der Waals surface area contributed by atoms with Crippen molar-refractivity contribution in [2.45, 2.75) is 40.2 Å². The first-order valence-corrected chi connectivity index (χ1v) is 5.52. The number of carbonyl (C=O) groups excluding carboxylic acids is 1. The molecule has 1 aliphatic rings. The Morgan fingerprint density at radius 3 is 2.60 bits per heavy atom. The summed E-state index contributed by atoms with van der Waals surface area (Å²) < 4.78 is 0. The third kappa shape index (κ3) is 3.06. The van der Waals surface area contributed by atoms with E-state index in [-0.39, 0.29) is 11.3 Å². The highest BCUT2D eigenvalue weighted by atomic mass is 16.2. The fraction of sp³-hybridized carbons (Fsp3) is 0.750. The fourth-order valence-corrected chi connectivity index (χ4v) is 1.67. The highest BCUT2D eigenvalue weighted by Gasteiger charge is 2.31. The van der Waals surface area contributed by atoms with Gasteiger partial charge >= 0.3 is 0 Å². The Labute approximate surface area is 92.3 Å². The van der Waals surface area contributed by atoms with Crippen molar-refractivity contribution in [3.8, 4) is 0 Å². The molecule has 0 saturated carbocycles. The molecule has 0 aromatic carbocycles. The van der Waals surface area contributed by atoms with E-state index in [1.807, 2.05) is 25.7 Å². The van der Waals surface area contributed by atoms with Crippen molar-refractivity contribution in [1.82, 2.24) is 4.90 Å². The Morgan fingerprint density at radius 2 is 2.13 bits per heavy atom. The average molecular weight is 210 g/mol. The lowest BCUT2D eigenvalue weighted by Crippen LogP contribution is -2.51. The molecular formula is C12H22N2O. The van der Waals surface area contributed by atoms with Gasteiger partial charge < -0.3 is 10.6 Å². The predicted molar refractivity (Wildman–Crippen MR) is 62.4 cm³/mol. The number of carbonyl (C=O) groups is 1. The molecule has 86 valence electrons. The van der Waals surface area contributed by atoms with Gasteiger partial charge in [-0.25, -0.2) is 0 Å². The summed E-state index contributed by atoms with van der Waals surface area (Å²) in [7, 11) is 0. The van der Waals surface area contributed by atoms with Crippen LogP contribution in [0.4, 0.5) is 0 Å². The second kappa shape index (κ2) is 4.35. The Balaban J connectivity index is 2.66. The topological polar surface area (TPSA) is 46.3 Å². The van der Waals surface area contributed by atoms with Gasteiger partial charge in [-0.1, -0.05) is 32.4 Å². The van der Waals surface area contributed by atoms with Crippen molar-refractivity contribution in [3.05, 3.63) is 11.6 Å². The Morgan fingerprint density at radius 1 is 1.53 bits per heavy atom. The molecule has 0 aromatic heterocycles. The van der Waals surface area contributed by atoms with Gasteiger partial charge in [-0.3, -0.25) is 4.79 Å². The highest BCUT2D eigenvalue weighted by molar-refractivity contribution is 5.82. The van der Waals surface area contributed by atoms with Crippen molar-refractivity contribution < 1.29 is 4.79 Å². The van der Waals surface area contributed by atoms with Crippen LogP contribution < -0.4 is 5.73 Å². The summed E-state index contributed by atoms with van der Waals surface area (Å²) in [5.74, 6) is 0.0787. The maximum Gasteiger partial charge on any atom is 0.240 e. The van der Waals surface area contributed by atoms with Crippen molar-refractivity contribution in [2.24, 2.45) is 11.1 Å². The van der Waals surface area contributed by atoms with E-state index in [1.54, 1.807) is 0 Å². The first-order chi connectivity index (χ1) is 6.82. The van der Waals surface area contributed by atoms with Gasteiger partial charge in [0.15, 0.2) is 0 Å². The molecule has 1 unspecified atom stereocenters. The molecule has 2 N–H and O–H groups in total. The minimum absolute atomic E-state index is 0.0787. The van der Waals surface area contributed by atoms with Crippen molar-refractivity contribution >= 4 is 5.91 Å². The maximum atomic E-state index is 12.1. The maximum absolute atomic E-state index is 12.1. The largest absolute Gasteiger partial charge is 0.337 e. The second-order valence-electron chi connectivity index (χ2n) is 5.44. The smallest absolute Gasteiger partial charge is 0.240 e. The number of hydrogen-bond acceptors (Lipinski definition) is 2. The lowest BCUT2D eigenvalue weighted by Gasteiger charge is -2.33. The summed E-state index contributed by atoms with van der Waals surface area (Å²) in [4.78, 5) is 13.9. The molecule has 15 heavy (non-hydrogen) atoms. The lowest BCUT2D eigenvalue weighted by molar-refractivity contribution is -0.134. The quantitative estimate of drug-likeness (QED) is 0.667. The standard InChI is InChI=1S/C12H22N2O/c1-9-6-5-7-14(8-9)11(15)10(13)12(2,3)4/h6,10H,5,7-8,13H2,1-4H3. The molecule has 0 spiro atoms. The molecule has 0 radical (unpaired) electrons. The van der Waals surface area contributed by atoms with Gasteiger partial charge in [-0.2, -0.15) is 0 Å². The molecule has 1 heterocycles. The number of rotatable bonds is 1. The normalized spacial score (nSPS) is 19.8. The van der Waals surface area contributed by atoms with Crippen LogP contribution >= 0.6 is 0 Å². The molecule has 0 saturated heterocycles. The molecule has 3 heteroatoms. The van der Waals surface area contributed by atoms with E-state index >= 15 is 0 Å². The number of nitrogens with two attached hydrogens (primary N) is 1. The van der Waals surface area contributed by atoms with E-state index in [2.05, 4.69) is 13.0 Å². The minimum atomic E-state index is -0.400. The number of nitrogens with zero attached hydrogens (tertiary/aromatic N) is 1. The second-order valence-corrected chi connectivity index (χ2v) is 5.44. The van der Waals surface area contributed by atoms with E-state index in [1.165, 1.54) is 5.57 Å². The Bertz CT molecular complexity index is 276. The van der Waals surface area contributed by atoms with Gasteiger partial charge in [-0.15, -0.1) is 0 Å². The Hall–Kier alpha value is -0.830. The van der Waals surface area contributed by atoms with Gasteiger partial charge in [0.05, 0.1) is 6.04 Å². The minimum Gasteiger partial charge on any atom is -0.337 e. The van der Waals surface area contributed by atoms with Crippen LogP contribution in [0.2, 0.25) is 0 Å². The summed E-state index contributed by atoms with van der Waals surface area (Å²) in [6.07, 6.45) is 3.14. The van der Waals surface area contributed by atoms with Crippen LogP contribution in [-0.4, -0.2) is 29.9 Å². The molecule has 1 amide bonds.